The van der Waals surface area contributed by atoms with Gasteiger partial charge in [0.05, 0.1) is 5.69 Å². The number of nitrogens with zero attached hydrogens (tertiary/aromatic N) is 2. The van der Waals surface area contributed by atoms with Gasteiger partial charge in [0.15, 0.2) is 0 Å². The number of hydrogen-bond acceptors (Lipinski definition) is 3. The topological polar surface area (TPSA) is 47.6 Å². The lowest BCUT2D eigenvalue weighted by molar-refractivity contribution is 0.186. The van der Waals surface area contributed by atoms with E-state index < -0.39 is 0 Å². The normalized spacial score (nSPS) is 14.6. The third-order valence-electron chi connectivity index (χ3n) is 7.52. The molecule has 0 saturated carbocycles. The second-order valence-electron chi connectivity index (χ2n) is 10.4. The first-order valence-electron chi connectivity index (χ1n) is 13.8. The number of urea groups is 1. The molecule has 0 bridgehead atoms. The number of hydrogen-bond donors (Lipinski definition) is 2. The van der Waals surface area contributed by atoms with E-state index in [1.165, 1.54) is 16.3 Å². The lowest BCUT2D eigenvalue weighted by atomic mass is 10.0. The third kappa shape index (κ3) is 6.80. The monoisotopic (exact) mass is 506 g/mol. The molecule has 0 aliphatic carbocycles. The Hall–Kier alpha value is -3.67. The van der Waals surface area contributed by atoms with Gasteiger partial charge >= 0.3 is 6.03 Å². The zero-order chi connectivity index (χ0) is 26.2. The molecule has 5 rings (SSSR count). The highest BCUT2D eigenvalue weighted by Crippen LogP contribution is 2.27. The Morgan fingerprint density at radius 1 is 0.868 bits per heavy atom. The van der Waals surface area contributed by atoms with Crippen molar-refractivity contribution >= 4 is 22.5 Å². The molecule has 4 aromatic carbocycles. The predicted octanol–water partition coefficient (Wildman–Crippen LogP) is 6.61. The maximum absolute atomic E-state index is 12.8. The summed E-state index contributed by atoms with van der Waals surface area (Å²) in [5, 5.41) is 8.93. The molecule has 1 saturated heterocycles. The molecule has 38 heavy (non-hydrogen) atoms. The van der Waals surface area contributed by atoms with Crippen molar-refractivity contribution in [3.8, 4) is 11.1 Å². The lowest BCUT2D eigenvalue weighted by Crippen LogP contribution is -2.46. The fraction of sp³-hybridized carbons (Fsp3) is 0.303. The number of nitrogens with one attached hydrogen (secondary N) is 2. The summed E-state index contributed by atoms with van der Waals surface area (Å²) in [7, 11) is 2.21. The van der Waals surface area contributed by atoms with Crippen molar-refractivity contribution in [2.45, 2.75) is 31.8 Å². The van der Waals surface area contributed by atoms with E-state index >= 15 is 0 Å². The van der Waals surface area contributed by atoms with Crippen LogP contribution in [0.3, 0.4) is 0 Å². The first-order valence-corrected chi connectivity index (χ1v) is 13.8. The number of likely N-dealkylation sites (tertiary alicyclic amines) is 1. The third-order valence-corrected chi connectivity index (χ3v) is 7.52. The molecular formula is C33H38N4O. The molecule has 1 aliphatic rings. The Balaban J connectivity index is 1.03. The average Bonchev–Trinajstić information content (AvgIpc) is 2.95. The number of amides is 2. The zero-order valence-corrected chi connectivity index (χ0v) is 22.3. The molecule has 2 N–H and O–H groups in total. The van der Waals surface area contributed by atoms with Gasteiger partial charge in [-0.1, -0.05) is 91.0 Å². The van der Waals surface area contributed by atoms with Gasteiger partial charge in [-0.2, -0.15) is 0 Å². The average molecular weight is 507 g/mol. The summed E-state index contributed by atoms with van der Waals surface area (Å²) >= 11 is 0. The highest BCUT2D eigenvalue weighted by molar-refractivity contribution is 5.94. The lowest BCUT2D eigenvalue weighted by Gasteiger charge is -2.32. The number of rotatable bonds is 9. The van der Waals surface area contributed by atoms with E-state index in [-0.39, 0.29) is 12.1 Å². The summed E-state index contributed by atoms with van der Waals surface area (Å²) in [6.07, 6.45) is 3.12. The van der Waals surface area contributed by atoms with Crippen molar-refractivity contribution in [1.29, 1.82) is 0 Å². The summed E-state index contributed by atoms with van der Waals surface area (Å²) in [6.45, 7) is 5.20. The van der Waals surface area contributed by atoms with Gasteiger partial charge in [0.1, 0.15) is 0 Å². The standard InChI is InChI=1S/C33H38N4O/c1-36(25-28-15-9-14-26-13-5-6-16-30(26)28)21-10-22-37-23-19-29(20-24-37)34-33(38)35-32-18-8-7-17-31(32)27-11-3-2-4-12-27/h2-9,11-18,29H,10,19-25H2,1H3,(H2,34,35,38). The molecule has 0 aromatic heterocycles. The van der Waals surface area contributed by atoms with Gasteiger partial charge in [0, 0.05) is 31.2 Å². The summed E-state index contributed by atoms with van der Waals surface area (Å²) in [6, 6.07) is 33.4. The Kier molecular flexibility index (Phi) is 8.69. The molecule has 0 spiro atoms. The summed E-state index contributed by atoms with van der Waals surface area (Å²) in [5.74, 6) is 0. The van der Waals surface area contributed by atoms with Crippen LogP contribution in [0.5, 0.6) is 0 Å². The van der Waals surface area contributed by atoms with E-state index in [0.29, 0.717) is 0 Å². The highest BCUT2D eigenvalue weighted by Gasteiger charge is 2.21. The minimum atomic E-state index is -0.123. The van der Waals surface area contributed by atoms with Crippen LogP contribution in [-0.2, 0) is 6.54 Å². The van der Waals surface area contributed by atoms with Gasteiger partial charge in [-0.15, -0.1) is 0 Å². The van der Waals surface area contributed by atoms with Crippen LogP contribution in [0.15, 0.2) is 97.1 Å². The van der Waals surface area contributed by atoms with Gasteiger partial charge in [-0.05, 0) is 67.4 Å². The van der Waals surface area contributed by atoms with Crippen LogP contribution in [0.25, 0.3) is 21.9 Å². The van der Waals surface area contributed by atoms with E-state index in [9.17, 15) is 4.79 Å². The number of piperidine rings is 1. The van der Waals surface area contributed by atoms with E-state index in [1.54, 1.807) is 0 Å². The van der Waals surface area contributed by atoms with Crippen LogP contribution < -0.4 is 10.6 Å². The van der Waals surface area contributed by atoms with Gasteiger partial charge in [-0.25, -0.2) is 4.79 Å². The van der Waals surface area contributed by atoms with Crippen LogP contribution in [0.1, 0.15) is 24.8 Å². The van der Waals surface area contributed by atoms with Crippen molar-refractivity contribution < 1.29 is 4.79 Å². The van der Waals surface area contributed by atoms with E-state index in [4.69, 9.17) is 0 Å². The Morgan fingerprint density at radius 3 is 2.42 bits per heavy atom. The Bertz CT molecular complexity index is 1330. The first kappa shape index (κ1) is 26.0. The molecule has 196 valence electrons. The SMILES string of the molecule is CN(CCCN1CCC(NC(=O)Nc2ccccc2-c2ccccc2)CC1)Cc1cccc2ccccc12. The van der Waals surface area contributed by atoms with Crippen molar-refractivity contribution in [2.24, 2.45) is 0 Å². The molecule has 5 heteroatoms. The Morgan fingerprint density at radius 2 is 1.58 bits per heavy atom. The molecule has 1 fully saturated rings. The predicted molar refractivity (Wildman–Crippen MR) is 158 cm³/mol. The first-order chi connectivity index (χ1) is 18.7. The van der Waals surface area contributed by atoms with E-state index in [2.05, 4.69) is 82.1 Å². The van der Waals surface area contributed by atoms with Crippen molar-refractivity contribution in [2.75, 3.05) is 38.5 Å². The largest absolute Gasteiger partial charge is 0.335 e. The van der Waals surface area contributed by atoms with Crippen LogP contribution in [0.2, 0.25) is 0 Å². The maximum Gasteiger partial charge on any atom is 0.319 e. The molecule has 1 heterocycles. The number of anilines is 1. The smallest absolute Gasteiger partial charge is 0.319 e. The molecule has 0 unspecified atom stereocenters. The van der Waals surface area contributed by atoms with Crippen LogP contribution in [0, 0.1) is 0 Å². The van der Waals surface area contributed by atoms with Crippen LogP contribution >= 0.6 is 0 Å². The molecule has 0 radical (unpaired) electrons. The second-order valence-corrected chi connectivity index (χ2v) is 10.4. The summed E-state index contributed by atoms with van der Waals surface area (Å²) in [4.78, 5) is 17.7. The summed E-state index contributed by atoms with van der Waals surface area (Å²) in [5.41, 5.74) is 4.35. The fourth-order valence-corrected chi connectivity index (χ4v) is 5.47. The molecule has 1 aliphatic heterocycles. The van der Waals surface area contributed by atoms with E-state index in [1.807, 2.05) is 42.5 Å². The van der Waals surface area contributed by atoms with E-state index in [0.717, 1.165) is 68.8 Å². The van der Waals surface area contributed by atoms with Crippen LogP contribution in [-0.4, -0.2) is 55.1 Å². The highest BCUT2D eigenvalue weighted by atomic mass is 16.2. The number of carbonyl (C=O) groups excluding carboxylic acids is 1. The molecule has 2 amide bonds. The number of carbonyl (C=O) groups is 1. The minimum absolute atomic E-state index is 0.123. The summed E-state index contributed by atoms with van der Waals surface area (Å²) < 4.78 is 0. The zero-order valence-electron chi connectivity index (χ0n) is 22.3. The van der Waals surface area contributed by atoms with Crippen LogP contribution in [0.4, 0.5) is 10.5 Å². The molecular weight excluding hydrogens is 468 g/mol. The second kappa shape index (κ2) is 12.7. The fourth-order valence-electron chi connectivity index (χ4n) is 5.47. The Labute approximate surface area is 226 Å². The molecule has 0 atom stereocenters. The number of fused-ring (bicyclic) bond motifs is 1. The molecule has 4 aromatic rings. The molecule has 5 nitrogen and oxygen atoms in total. The quantitative estimate of drug-likeness (QED) is 0.268. The maximum atomic E-state index is 12.8. The van der Waals surface area contributed by atoms with Crippen molar-refractivity contribution in [3.63, 3.8) is 0 Å². The minimum Gasteiger partial charge on any atom is -0.335 e. The van der Waals surface area contributed by atoms with Gasteiger partial charge < -0.3 is 20.4 Å². The van der Waals surface area contributed by atoms with Gasteiger partial charge in [0.25, 0.3) is 0 Å². The number of benzene rings is 4. The van der Waals surface area contributed by atoms with Crippen molar-refractivity contribution in [3.05, 3.63) is 103 Å². The van der Waals surface area contributed by atoms with Gasteiger partial charge in [-0.3, -0.25) is 0 Å². The van der Waals surface area contributed by atoms with Gasteiger partial charge in [0.2, 0.25) is 0 Å². The number of para-hydroxylation sites is 1. The van der Waals surface area contributed by atoms with Crippen molar-refractivity contribution in [1.82, 2.24) is 15.1 Å².